The first-order chi connectivity index (χ1) is 5.71. The van der Waals surface area contributed by atoms with Crippen molar-refractivity contribution in [1.82, 2.24) is 5.32 Å². The summed E-state index contributed by atoms with van der Waals surface area (Å²) in [6.07, 6.45) is 0. The molecule has 13 heavy (non-hydrogen) atoms. The predicted octanol–water partition coefficient (Wildman–Crippen LogP) is 2.26. The fourth-order valence-corrected chi connectivity index (χ4v) is 1.63. The Labute approximate surface area is 91.4 Å². The summed E-state index contributed by atoms with van der Waals surface area (Å²) in [5.41, 5.74) is -0.438. The van der Waals surface area contributed by atoms with Crippen molar-refractivity contribution in [2.75, 3.05) is 13.2 Å². The maximum absolute atomic E-state index is 5.51. The highest BCUT2D eigenvalue weighted by molar-refractivity contribution is 9.10. The molecule has 0 bridgehead atoms. The van der Waals surface area contributed by atoms with Crippen LogP contribution in [0.25, 0.3) is 0 Å². The topological polar surface area (TPSA) is 34.4 Å². The lowest BCUT2D eigenvalue weighted by Crippen LogP contribution is -2.33. The van der Waals surface area contributed by atoms with E-state index in [0.29, 0.717) is 0 Å². The molecule has 1 aliphatic rings. The Kier molecular flexibility index (Phi) is 3.40. The van der Waals surface area contributed by atoms with Crippen LogP contribution in [-0.2, 0) is 10.5 Å². The highest BCUT2D eigenvalue weighted by Gasteiger charge is 2.34. The van der Waals surface area contributed by atoms with Gasteiger partial charge in [0.1, 0.15) is 0 Å². The molecule has 1 aliphatic heterocycles. The lowest BCUT2D eigenvalue weighted by molar-refractivity contribution is -0.0158. The van der Waals surface area contributed by atoms with E-state index in [9.17, 15) is 0 Å². The molecule has 5 heteroatoms. The summed E-state index contributed by atoms with van der Waals surface area (Å²) >= 11 is 3.25. The van der Waals surface area contributed by atoms with Crippen molar-refractivity contribution in [2.45, 2.75) is 12.6 Å². The van der Waals surface area contributed by atoms with Crippen LogP contribution in [0.15, 0.2) is 21.2 Å². The van der Waals surface area contributed by atoms with Crippen LogP contribution in [0.4, 0.5) is 0 Å². The first-order valence-corrected chi connectivity index (χ1v) is 4.65. The second-order valence-corrected chi connectivity index (χ2v) is 3.69. The Bertz CT molecular complexity index is 283. The molecule has 0 saturated carbocycles. The second-order valence-electron chi connectivity index (χ2n) is 2.91. The molecular formula is C8H11BrClNO2. The van der Waals surface area contributed by atoms with Crippen molar-refractivity contribution in [3.63, 3.8) is 0 Å². The van der Waals surface area contributed by atoms with E-state index in [1.807, 2.05) is 19.1 Å². The van der Waals surface area contributed by atoms with Gasteiger partial charge in [-0.2, -0.15) is 0 Å². The molecule has 1 fully saturated rings. The number of hydrogen-bond donors (Lipinski definition) is 1. The summed E-state index contributed by atoms with van der Waals surface area (Å²) < 4.78 is 11.6. The van der Waals surface area contributed by atoms with Crippen LogP contribution in [0.2, 0.25) is 0 Å². The average Bonchev–Trinajstić information content (AvgIpc) is 2.59. The quantitative estimate of drug-likeness (QED) is 0.848. The monoisotopic (exact) mass is 267 g/mol. The molecule has 1 saturated heterocycles. The van der Waals surface area contributed by atoms with Crippen LogP contribution in [-0.4, -0.2) is 13.2 Å². The summed E-state index contributed by atoms with van der Waals surface area (Å²) in [5.74, 6) is 0.812. The smallest absolute Gasteiger partial charge is 0.175 e. The molecule has 0 amide bonds. The van der Waals surface area contributed by atoms with E-state index in [-0.39, 0.29) is 12.4 Å². The first-order valence-electron chi connectivity index (χ1n) is 3.85. The average molecular weight is 269 g/mol. The lowest BCUT2D eigenvalue weighted by atomic mass is 10.2. The van der Waals surface area contributed by atoms with Gasteiger partial charge in [0.05, 0.1) is 6.61 Å². The third-order valence-electron chi connectivity index (χ3n) is 2.00. The van der Waals surface area contributed by atoms with Gasteiger partial charge in [0.15, 0.2) is 16.2 Å². The molecule has 2 heterocycles. The van der Waals surface area contributed by atoms with Crippen molar-refractivity contribution >= 4 is 28.3 Å². The predicted molar refractivity (Wildman–Crippen MR) is 55.0 cm³/mol. The van der Waals surface area contributed by atoms with Gasteiger partial charge in [0.25, 0.3) is 0 Å². The van der Waals surface area contributed by atoms with E-state index < -0.39 is 5.72 Å². The third-order valence-corrected chi connectivity index (χ3v) is 2.42. The highest BCUT2D eigenvalue weighted by Crippen LogP contribution is 2.28. The fraction of sp³-hybridized carbons (Fsp3) is 0.500. The largest absolute Gasteiger partial charge is 0.450 e. The van der Waals surface area contributed by atoms with E-state index in [1.54, 1.807) is 0 Å². The molecule has 3 nitrogen and oxygen atoms in total. The van der Waals surface area contributed by atoms with E-state index in [0.717, 1.165) is 23.6 Å². The van der Waals surface area contributed by atoms with Crippen molar-refractivity contribution in [1.29, 1.82) is 0 Å². The summed E-state index contributed by atoms with van der Waals surface area (Å²) in [5, 5.41) is 3.23. The lowest BCUT2D eigenvalue weighted by Gasteiger charge is -2.20. The van der Waals surface area contributed by atoms with Gasteiger partial charge in [-0.05, 0) is 35.0 Å². The third kappa shape index (κ3) is 2.07. The Morgan fingerprint density at radius 3 is 2.77 bits per heavy atom. The zero-order chi connectivity index (χ0) is 8.60. The van der Waals surface area contributed by atoms with Crippen LogP contribution in [0.3, 0.4) is 0 Å². The molecule has 1 atom stereocenters. The maximum atomic E-state index is 5.51. The molecule has 0 aromatic carbocycles. The van der Waals surface area contributed by atoms with Gasteiger partial charge in [-0.15, -0.1) is 12.4 Å². The Hall–Kier alpha value is -0.0300. The Morgan fingerprint density at radius 2 is 2.31 bits per heavy atom. The minimum absolute atomic E-state index is 0. The Balaban J connectivity index is 0.000000845. The normalized spacial score (nSPS) is 27.2. The van der Waals surface area contributed by atoms with Crippen LogP contribution in [0, 0.1) is 0 Å². The first kappa shape index (κ1) is 11.0. The summed E-state index contributed by atoms with van der Waals surface area (Å²) in [4.78, 5) is 0. The van der Waals surface area contributed by atoms with Gasteiger partial charge >= 0.3 is 0 Å². The molecule has 1 aromatic rings. The van der Waals surface area contributed by atoms with Gasteiger partial charge in [-0.25, -0.2) is 0 Å². The molecule has 1 unspecified atom stereocenters. The zero-order valence-electron chi connectivity index (χ0n) is 7.17. The van der Waals surface area contributed by atoms with Crippen molar-refractivity contribution in [3.8, 4) is 0 Å². The zero-order valence-corrected chi connectivity index (χ0v) is 9.57. The van der Waals surface area contributed by atoms with Gasteiger partial charge in [-0.1, -0.05) is 0 Å². The van der Waals surface area contributed by atoms with Gasteiger partial charge < -0.3 is 9.15 Å². The van der Waals surface area contributed by atoms with Gasteiger partial charge in [0.2, 0.25) is 0 Å². The SMILES string of the molecule is CC1(c2ccc(Br)o2)NCCO1.Cl. The van der Waals surface area contributed by atoms with Crippen LogP contribution in [0.1, 0.15) is 12.7 Å². The second kappa shape index (κ2) is 4.00. The molecular weight excluding hydrogens is 257 g/mol. The molecule has 2 rings (SSSR count). The molecule has 74 valence electrons. The Morgan fingerprint density at radius 1 is 1.54 bits per heavy atom. The number of nitrogens with one attached hydrogen (secondary N) is 1. The fourth-order valence-electron chi connectivity index (χ4n) is 1.32. The summed E-state index contributed by atoms with van der Waals surface area (Å²) in [7, 11) is 0. The number of hydrogen-bond acceptors (Lipinski definition) is 3. The molecule has 1 aromatic heterocycles. The maximum Gasteiger partial charge on any atom is 0.175 e. The van der Waals surface area contributed by atoms with E-state index in [2.05, 4.69) is 21.2 Å². The standard InChI is InChI=1S/C8H10BrNO2.ClH/c1-8(10-4-5-11-8)6-2-3-7(9)12-6;/h2-3,10H,4-5H2,1H3;1H. The van der Waals surface area contributed by atoms with E-state index in [4.69, 9.17) is 9.15 Å². The molecule has 1 N–H and O–H groups in total. The summed E-state index contributed by atoms with van der Waals surface area (Å²) in [6, 6.07) is 3.77. The number of halogens is 2. The molecule has 0 radical (unpaired) electrons. The van der Waals surface area contributed by atoms with Crippen molar-refractivity contribution in [3.05, 3.63) is 22.6 Å². The van der Waals surface area contributed by atoms with Crippen molar-refractivity contribution < 1.29 is 9.15 Å². The van der Waals surface area contributed by atoms with Gasteiger partial charge in [0, 0.05) is 6.54 Å². The highest BCUT2D eigenvalue weighted by atomic mass is 79.9. The minimum atomic E-state index is -0.438. The number of rotatable bonds is 1. The number of furan rings is 1. The van der Waals surface area contributed by atoms with Gasteiger partial charge in [-0.3, -0.25) is 5.32 Å². The van der Waals surface area contributed by atoms with Crippen molar-refractivity contribution in [2.24, 2.45) is 0 Å². The van der Waals surface area contributed by atoms with Crippen LogP contribution >= 0.6 is 28.3 Å². The van der Waals surface area contributed by atoms with E-state index >= 15 is 0 Å². The minimum Gasteiger partial charge on any atom is -0.450 e. The van der Waals surface area contributed by atoms with E-state index in [1.165, 1.54) is 0 Å². The summed E-state index contributed by atoms with van der Waals surface area (Å²) in [6.45, 7) is 3.56. The molecule has 0 aliphatic carbocycles. The number of ether oxygens (including phenoxy) is 1. The van der Waals surface area contributed by atoms with Crippen LogP contribution < -0.4 is 5.32 Å². The molecule has 0 spiro atoms. The van der Waals surface area contributed by atoms with Crippen LogP contribution in [0.5, 0.6) is 0 Å².